The lowest BCUT2D eigenvalue weighted by Crippen LogP contribution is -2.12. The van der Waals surface area contributed by atoms with Crippen LogP contribution >= 0.6 is 0 Å². The van der Waals surface area contributed by atoms with Gasteiger partial charge in [0.1, 0.15) is 5.75 Å². The summed E-state index contributed by atoms with van der Waals surface area (Å²) in [6.45, 7) is 0. The molecule has 0 heterocycles. The summed E-state index contributed by atoms with van der Waals surface area (Å²) in [4.78, 5) is 22.8. The van der Waals surface area contributed by atoms with Crippen molar-refractivity contribution < 1.29 is 14.7 Å². The van der Waals surface area contributed by atoms with Crippen LogP contribution < -0.4 is 22.5 Å². The average Bonchev–Trinajstić information content (AvgIpc) is 2.75. The van der Waals surface area contributed by atoms with Crippen LogP contribution in [0.1, 0.15) is 20.7 Å². The maximum absolute atomic E-state index is 11.9. The molecule has 0 aromatic heterocycles. The summed E-state index contributed by atoms with van der Waals surface area (Å²) in [7, 11) is 0. The number of amides is 2. The SMILES string of the molecule is NC(=O)c1cc2ccccc2cc1O.Nc1ccc(NC(=O)c2cccc(N)c2)cc1. The smallest absolute Gasteiger partial charge is 0.255 e. The number of nitrogen functional groups attached to an aromatic ring is 2. The summed E-state index contributed by atoms with van der Waals surface area (Å²) in [5, 5.41) is 14.0. The minimum atomic E-state index is -0.617. The van der Waals surface area contributed by atoms with Crippen LogP contribution in [0.3, 0.4) is 0 Å². The zero-order valence-corrected chi connectivity index (χ0v) is 16.6. The van der Waals surface area contributed by atoms with Crippen LogP contribution in [-0.4, -0.2) is 16.9 Å². The zero-order valence-electron chi connectivity index (χ0n) is 16.6. The lowest BCUT2D eigenvalue weighted by atomic mass is 10.1. The van der Waals surface area contributed by atoms with Gasteiger partial charge < -0.3 is 27.6 Å². The molecule has 0 aliphatic heterocycles. The fourth-order valence-corrected chi connectivity index (χ4v) is 2.88. The molecule has 0 aliphatic carbocycles. The van der Waals surface area contributed by atoms with Gasteiger partial charge in [-0.2, -0.15) is 0 Å². The number of benzene rings is 4. The number of carbonyl (C=O) groups is 2. The highest BCUT2D eigenvalue weighted by molar-refractivity contribution is 6.04. The normalized spacial score (nSPS) is 10.1. The number of aromatic hydroxyl groups is 1. The van der Waals surface area contributed by atoms with E-state index in [4.69, 9.17) is 17.2 Å². The van der Waals surface area contributed by atoms with E-state index in [1.165, 1.54) is 6.07 Å². The summed E-state index contributed by atoms with van der Waals surface area (Å²) in [6.07, 6.45) is 0. The summed E-state index contributed by atoms with van der Waals surface area (Å²) < 4.78 is 0. The minimum Gasteiger partial charge on any atom is -0.507 e. The van der Waals surface area contributed by atoms with E-state index in [-0.39, 0.29) is 17.2 Å². The van der Waals surface area contributed by atoms with E-state index in [1.54, 1.807) is 54.6 Å². The maximum atomic E-state index is 11.9. The molecule has 0 saturated carbocycles. The van der Waals surface area contributed by atoms with E-state index in [9.17, 15) is 14.7 Å². The third-order valence-electron chi connectivity index (χ3n) is 4.45. The molecule has 0 saturated heterocycles. The van der Waals surface area contributed by atoms with Crippen LogP contribution in [-0.2, 0) is 0 Å². The third-order valence-corrected chi connectivity index (χ3v) is 4.45. The molecule has 7 heteroatoms. The molecule has 4 aromatic carbocycles. The van der Waals surface area contributed by atoms with Gasteiger partial charge in [0.25, 0.3) is 11.8 Å². The topological polar surface area (TPSA) is 144 Å². The number of fused-ring (bicyclic) bond motifs is 1. The van der Waals surface area contributed by atoms with Crippen LogP contribution in [0.2, 0.25) is 0 Å². The van der Waals surface area contributed by atoms with Crippen molar-refractivity contribution in [2.75, 3.05) is 16.8 Å². The average molecular weight is 414 g/mol. The molecule has 0 spiro atoms. The molecular weight excluding hydrogens is 392 g/mol. The van der Waals surface area contributed by atoms with Gasteiger partial charge in [-0.1, -0.05) is 30.3 Å². The number of hydrogen-bond acceptors (Lipinski definition) is 5. The Morgan fingerprint density at radius 1 is 0.742 bits per heavy atom. The number of nitrogens with one attached hydrogen (secondary N) is 1. The molecule has 0 radical (unpaired) electrons. The van der Waals surface area contributed by atoms with Gasteiger partial charge in [-0.3, -0.25) is 9.59 Å². The Hall–Kier alpha value is -4.52. The first-order chi connectivity index (χ1) is 14.8. The van der Waals surface area contributed by atoms with Crippen LogP contribution in [0.4, 0.5) is 17.1 Å². The molecule has 31 heavy (non-hydrogen) atoms. The van der Waals surface area contributed by atoms with Crippen LogP contribution in [0.5, 0.6) is 5.75 Å². The molecule has 0 atom stereocenters. The van der Waals surface area contributed by atoms with Gasteiger partial charge in [0.15, 0.2) is 0 Å². The zero-order chi connectivity index (χ0) is 22.4. The molecule has 0 fully saturated rings. The van der Waals surface area contributed by atoms with Crippen molar-refractivity contribution in [2.45, 2.75) is 0 Å². The molecular formula is C24H22N4O3. The predicted octanol–water partition coefficient (Wildman–Crippen LogP) is 3.75. The highest BCUT2D eigenvalue weighted by atomic mass is 16.3. The van der Waals surface area contributed by atoms with Gasteiger partial charge in [0, 0.05) is 22.6 Å². The fourth-order valence-electron chi connectivity index (χ4n) is 2.88. The predicted molar refractivity (Wildman–Crippen MR) is 124 cm³/mol. The Kier molecular flexibility index (Phi) is 6.37. The highest BCUT2D eigenvalue weighted by Crippen LogP contribution is 2.24. The van der Waals surface area contributed by atoms with Crippen molar-refractivity contribution >= 4 is 39.6 Å². The molecule has 8 N–H and O–H groups in total. The van der Waals surface area contributed by atoms with Crippen molar-refractivity contribution in [3.05, 3.63) is 96.1 Å². The number of anilines is 3. The van der Waals surface area contributed by atoms with Gasteiger partial charge in [-0.15, -0.1) is 0 Å². The Morgan fingerprint density at radius 2 is 1.39 bits per heavy atom. The Balaban J connectivity index is 0.000000179. The van der Waals surface area contributed by atoms with E-state index >= 15 is 0 Å². The number of carbonyl (C=O) groups excluding carboxylic acids is 2. The second kappa shape index (κ2) is 9.32. The van der Waals surface area contributed by atoms with Crippen molar-refractivity contribution in [3.63, 3.8) is 0 Å². The summed E-state index contributed by atoms with van der Waals surface area (Å²) in [6, 6.07) is 24.4. The Labute approximate surface area is 179 Å². The number of rotatable bonds is 3. The van der Waals surface area contributed by atoms with E-state index in [2.05, 4.69) is 5.32 Å². The van der Waals surface area contributed by atoms with Crippen LogP contribution in [0.15, 0.2) is 84.9 Å². The lowest BCUT2D eigenvalue weighted by Gasteiger charge is -2.05. The minimum absolute atomic E-state index is 0.0730. The van der Waals surface area contributed by atoms with Crippen molar-refractivity contribution in [3.8, 4) is 5.75 Å². The van der Waals surface area contributed by atoms with Crippen molar-refractivity contribution in [1.82, 2.24) is 0 Å². The first kappa shape index (κ1) is 21.2. The van der Waals surface area contributed by atoms with Gasteiger partial charge >= 0.3 is 0 Å². The van der Waals surface area contributed by atoms with Gasteiger partial charge in [0.05, 0.1) is 5.56 Å². The van der Waals surface area contributed by atoms with Crippen molar-refractivity contribution in [2.24, 2.45) is 5.73 Å². The molecule has 4 aromatic rings. The second-order valence-electron chi connectivity index (χ2n) is 6.78. The van der Waals surface area contributed by atoms with E-state index < -0.39 is 5.91 Å². The summed E-state index contributed by atoms with van der Waals surface area (Å²) in [5.41, 5.74) is 18.9. The van der Waals surface area contributed by atoms with Crippen LogP contribution in [0, 0.1) is 0 Å². The molecule has 0 aliphatic rings. The molecule has 0 unspecified atom stereocenters. The first-order valence-corrected chi connectivity index (χ1v) is 9.37. The monoisotopic (exact) mass is 414 g/mol. The van der Waals surface area contributed by atoms with Crippen LogP contribution in [0.25, 0.3) is 10.8 Å². The second-order valence-corrected chi connectivity index (χ2v) is 6.78. The van der Waals surface area contributed by atoms with Gasteiger partial charge in [-0.25, -0.2) is 0 Å². The number of primary amides is 1. The largest absolute Gasteiger partial charge is 0.507 e. The fraction of sp³-hybridized carbons (Fsp3) is 0. The number of nitrogens with two attached hydrogens (primary N) is 3. The van der Waals surface area contributed by atoms with Gasteiger partial charge in [0.2, 0.25) is 0 Å². The first-order valence-electron chi connectivity index (χ1n) is 9.37. The summed E-state index contributed by atoms with van der Waals surface area (Å²) >= 11 is 0. The standard InChI is InChI=1S/C13H13N3O.C11H9NO2/c14-10-4-6-12(7-5-10)16-13(17)9-2-1-3-11(15)8-9;12-11(14)9-5-7-3-1-2-4-8(7)6-10(9)13/h1-8H,14-15H2,(H,16,17);1-6,13H,(H2,12,14). The molecule has 0 bridgehead atoms. The van der Waals surface area contributed by atoms with E-state index in [0.717, 1.165) is 10.8 Å². The van der Waals surface area contributed by atoms with E-state index in [1.807, 2.05) is 24.3 Å². The number of phenols is 1. The summed E-state index contributed by atoms with van der Waals surface area (Å²) in [5.74, 6) is -0.883. The quantitative estimate of drug-likeness (QED) is 0.324. The molecule has 2 amide bonds. The molecule has 156 valence electrons. The maximum Gasteiger partial charge on any atom is 0.255 e. The Bertz CT molecular complexity index is 1240. The van der Waals surface area contributed by atoms with Crippen molar-refractivity contribution in [1.29, 1.82) is 0 Å². The third kappa shape index (κ3) is 5.51. The highest BCUT2D eigenvalue weighted by Gasteiger charge is 2.08. The lowest BCUT2D eigenvalue weighted by molar-refractivity contribution is 0.0995. The number of hydrogen-bond donors (Lipinski definition) is 5. The molecule has 7 nitrogen and oxygen atoms in total. The van der Waals surface area contributed by atoms with Gasteiger partial charge in [-0.05, 0) is 65.4 Å². The Morgan fingerprint density at radius 3 is 2.00 bits per heavy atom. The van der Waals surface area contributed by atoms with E-state index in [0.29, 0.717) is 22.6 Å². The molecule has 4 rings (SSSR count).